The molecule has 0 saturated heterocycles. The Morgan fingerprint density at radius 3 is 2.76 bits per heavy atom. The van der Waals surface area contributed by atoms with Gasteiger partial charge in [0.1, 0.15) is 5.75 Å². The monoisotopic (exact) mass is 304 g/mol. The summed E-state index contributed by atoms with van der Waals surface area (Å²) in [6.45, 7) is 7.99. The summed E-state index contributed by atoms with van der Waals surface area (Å²) in [4.78, 5) is 4.59. The molecule has 0 spiro atoms. The average molecular weight is 304 g/mol. The summed E-state index contributed by atoms with van der Waals surface area (Å²) in [7, 11) is 0. The summed E-state index contributed by atoms with van der Waals surface area (Å²) in [6.07, 6.45) is 1.91. The Kier molecular flexibility index (Phi) is 6.21. The van der Waals surface area contributed by atoms with E-state index in [2.05, 4.69) is 54.7 Å². The van der Waals surface area contributed by atoms with Crippen molar-refractivity contribution in [3.05, 3.63) is 45.9 Å². The number of benzene rings is 1. The Balaban J connectivity index is 2.20. The number of hydrogen-bond acceptors (Lipinski definition) is 4. The molecule has 0 radical (unpaired) electrons. The second kappa shape index (κ2) is 8.15. The molecule has 0 aliphatic heterocycles. The van der Waals surface area contributed by atoms with Crippen molar-refractivity contribution in [3.63, 3.8) is 0 Å². The molecule has 114 valence electrons. The lowest BCUT2D eigenvalue weighted by Gasteiger charge is -2.20. The lowest BCUT2D eigenvalue weighted by atomic mass is 10.0. The highest BCUT2D eigenvalue weighted by atomic mass is 32.1. The molecule has 1 heterocycles. The van der Waals surface area contributed by atoms with Crippen molar-refractivity contribution in [2.45, 2.75) is 39.7 Å². The summed E-state index contributed by atoms with van der Waals surface area (Å²) >= 11 is 1.71. The molecule has 2 rings (SSSR count). The molecule has 2 aromatic rings. The van der Waals surface area contributed by atoms with E-state index in [9.17, 15) is 0 Å². The van der Waals surface area contributed by atoms with E-state index in [0.29, 0.717) is 0 Å². The molecule has 4 heteroatoms. The predicted octanol–water partition coefficient (Wildman–Crippen LogP) is 4.13. The van der Waals surface area contributed by atoms with Crippen LogP contribution < -0.4 is 10.1 Å². The van der Waals surface area contributed by atoms with Crippen LogP contribution in [0.2, 0.25) is 0 Å². The van der Waals surface area contributed by atoms with Crippen LogP contribution in [0.25, 0.3) is 0 Å². The Bertz CT molecular complexity index is 553. The van der Waals surface area contributed by atoms with Gasteiger partial charge in [-0.25, -0.2) is 4.98 Å². The van der Waals surface area contributed by atoms with Gasteiger partial charge in [0.2, 0.25) is 0 Å². The summed E-state index contributed by atoms with van der Waals surface area (Å²) in [5, 5.41) is 6.83. The van der Waals surface area contributed by atoms with Gasteiger partial charge in [0, 0.05) is 23.4 Å². The van der Waals surface area contributed by atoms with E-state index in [1.165, 1.54) is 5.56 Å². The number of rotatable bonds is 8. The first-order valence-electron chi connectivity index (χ1n) is 7.60. The molecular formula is C17H24N2OS. The highest BCUT2D eigenvalue weighted by molar-refractivity contribution is 7.09. The highest BCUT2D eigenvalue weighted by Gasteiger charge is 2.17. The Hall–Kier alpha value is -1.39. The van der Waals surface area contributed by atoms with Crippen LogP contribution in [-0.2, 0) is 6.42 Å². The Morgan fingerprint density at radius 1 is 1.29 bits per heavy atom. The first-order chi connectivity index (χ1) is 10.2. The van der Waals surface area contributed by atoms with Crippen molar-refractivity contribution in [2.24, 2.45) is 0 Å². The number of hydrogen-bond donors (Lipinski definition) is 1. The fourth-order valence-electron chi connectivity index (χ4n) is 2.36. The number of nitrogens with one attached hydrogen (secondary N) is 1. The van der Waals surface area contributed by atoms with Gasteiger partial charge in [0.15, 0.2) is 0 Å². The van der Waals surface area contributed by atoms with Gasteiger partial charge in [-0.15, -0.1) is 11.3 Å². The van der Waals surface area contributed by atoms with Crippen LogP contribution in [0.3, 0.4) is 0 Å². The van der Waals surface area contributed by atoms with E-state index in [4.69, 9.17) is 4.74 Å². The molecule has 3 nitrogen and oxygen atoms in total. The van der Waals surface area contributed by atoms with E-state index in [1.807, 2.05) is 6.07 Å². The summed E-state index contributed by atoms with van der Waals surface area (Å²) in [5.74, 6) is 0.984. The molecule has 1 unspecified atom stereocenters. The van der Waals surface area contributed by atoms with Crippen molar-refractivity contribution in [1.29, 1.82) is 0 Å². The number of aryl methyl sites for hydroxylation is 1. The Labute approximate surface area is 131 Å². The Morgan fingerprint density at radius 2 is 2.10 bits per heavy atom. The van der Waals surface area contributed by atoms with Crippen molar-refractivity contribution in [3.8, 4) is 5.75 Å². The predicted molar refractivity (Wildman–Crippen MR) is 89.2 cm³/mol. The van der Waals surface area contributed by atoms with Gasteiger partial charge >= 0.3 is 0 Å². The molecular weight excluding hydrogens is 280 g/mol. The van der Waals surface area contributed by atoms with E-state index < -0.39 is 0 Å². The topological polar surface area (TPSA) is 34.1 Å². The molecule has 1 aromatic heterocycles. The maximum Gasteiger partial charge on any atom is 0.124 e. The van der Waals surface area contributed by atoms with Crippen LogP contribution >= 0.6 is 11.3 Å². The molecule has 0 saturated carbocycles. The summed E-state index contributed by atoms with van der Waals surface area (Å²) < 4.78 is 5.90. The minimum Gasteiger partial charge on any atom is -0.493 e. The molecule has 0 bridgehead atoms. The molecule has 1 aromatic carbocycles. The molecule has 0 fully saturated rings. The third-order valence-corrected chi connectivity index (χ3v) is 4.11. The van der Waals surface area contributed by atoms with Crippen molar-refractivity contribution in [1.82, 2.24) is 10.3 Å². The number of aromatic nitrogens is 1. The second-order valence-corrected chi connectivity index (χ2v) is 6.12. The maximum atomic E-state index is 5.90. The maximum absolute atomic E-state index is 5.90. The van der Waals surface area contributed by atoms with Crippen LogP contribution in [0.4, 0.5) is 0 Å². The van der Waals surface area contributed by atoms with Crippen LogP contribution in [0, 0.1) is 6.92 Å². The third-order valence-electron chi connectivity index (χ3n) is 3.29. The van der Waals surface area contributed by atoms with Crippen LogP contribution in [0.15, 0.2) is 29.6 Å². The van der Waals surface area contributed by atoms with Crippen LogP contribution in [-0.4, -0.2) is 18.1 Å². The van der Waals surface area contributed by atoms with E-state index in [-0.39, 0.29) is 6.04 Å². The van der Waals surface area contributed by atoms with Gasteiger partial charge in [0.25, 0.3) is 0 Å². The highest BCUT2D eigenvalue weighted by Crippen LogP contribution is 2.28. The first-order valence-corrected chi connectivity index (χ1v) is 8.48. The minimum atomic E-state index is 0.240. The molecule has 0 amide bonds. The molecule has 0 aliphatic rings. The van der Waals surface area contributed by atoms with Crippen molar-refractivity contribution in [2.75, 3.05) is 13.2 Å². The first kappa shape index (κ1) is 16.0. The SMILES string of the molecule is CCCOc1ccccc1C(Cc1csc(C)n1)NCC. The molecule has 1 atom stereocenters. The number of nitrogens with zero attached hydrogens (tertiary/aromatic N) is 1. The second-order valence-electron chi connectivity index (χ2n) is 5.06. The van der Waals surface area contributed by atoms with Crippen LogP contribution in [0.1, 0.15) is 42.6 Å². The average Bonchev–Trinajstić information content (AvgIpc) is 2.90. The molecule has 0 aliphatic carbocycles. The lowest BCUT2D eigenvalue weighted by Crippen LogP contribution is -2.23. The standard InChI is InChI=1S/C17H24N2OS/c1-4-10-20-17-9-7-6-8-15(17)16(18-5-2)11-14-12-21-13(3)19-14/h6-9,12,16,18H,4-5,10-11H2,1-3H3. The number of para-hydroxylation sites is 1. The fraction of sp³-hybridized carbons (Fsp3) is 0.471. The third kappa shape index (κ3) is 4.55. The minimum absolute atomic E-state index is 0.240. The number of ether oxygens (including phenoxy) is 1. The van der Waals surface area contributed by atoms with Crippen LogP contribution in [0.5, 0.6) is 5.75 Å². The van der Waals surface area contributed by atoms with Gasteiger partial charge in [0.05, 0.1) is 17.3 Å². The van der Waals surface area contributed by atoms with Crippen molar-refractivity contribution >= 4 is 11.3 Å². The summed E-state index contributed by atoms with van der Waals surface area (Å²) in [5.41, 5.74) is 2.37. The zero-order valence-electron chi connectivity index (χ0n) is 13.1. The van der Waals surface area contributed by atoms with Gasteiger partial charge in [-0.05, 0) is 26.0 Å². The normalized spacial score (nSPS) is 12.3. The number of thiazole rings is 1. The van der Waals surface area contributed by atoms with Gasteiger partial charge < -0.3 is 10.1 Å². The van der Waals surface area contributed by atoms with E-state index in [1.54, 1.807) is 11.3 Å². The van der Waals surface area contributed by atoms with Gasteiger partial charge in [-0.1, -0.05) is 32.0 Å². The molecule has 1 N–H and O–H groups in total. The number of likely N-dealkylation sites (N-methyl/N-ethyl adjacent to an activating group) is 1. The quantitative estimate of drug-likeness (QED) is 0.796. The van der Waals surface area contributed by atoms with E-state index in [0.717, 1.165) is 42.4 Å². The lowest BCUT2D eigenvalue weighted by molar-refractivity contribution is 0.310. The van der Waals surface area contributed by atoms with E-state index >= 15 is 0 Å². The zero-order valence-corrected chi connectivity index (χ0v) is 13.9. The molecule has 21 heavy (non-hydrogen) atoms. The fourth-order valence-corrected chi connectivity index (χ4v) is 2.99. The summed E-state index contributed by atoms with van der Waals surface area (Å²) in [6, 6.07) is 8.55. The van der Waals surface area contributed by atoms with Gasteiger partial charge in [-0.3, -0.25) is 0 Å². The smallest absolute Gasteiger partial charge is 0.124 e. The zero-order chi connectivity index (χ0) is 15.1. The van der Waals surface area contributed by atoms with Crippen molar-refractivity contribution < 1.29 is 4.74 Å². The van der Waals surface area contributed by atoms with Gasteiger partial charge in [-0.2, -0.15) is 0 Å². The largest absolute Gasteiger partial charge is 0.493 e.